The first-order chi connectivity index (χ1) is 15.0. The van der Waals surface area contributed by atoms with Gasteiger partial charge in [-0.3, -0.25) is 4.79 Å². The molecule has 9 heteroatoms. The van der Waals surface area contributed by atoms with Crippen LogP contribution in [0, 0.1) is 11.3 Å². The average Bonchev–Trinajstić information content (AvgIpc) is 3.18. The summed E-state index contributed by atoms with van der Waals surface area (Å²) in [5.41, 5.74) is 8.27. The first kappa shape index (κ1) is 21.3. The Labute approximate surface area is 185 Å². The summed E-state index contributed by atoms with van der Waals surface area (Å²) in [4.78, 5) is 21.5. The number of likely N-dealkylation sites (tertiary alicyclic amines) is 1. The van der Waals surface area contributed by atoms with Crippen molar-refractivity contribution in [1.29, 1.82) is 5.26 Å². The van der Waals surface area contributed by atoms with E-state index in [1.165, 1.54) is 18.3 Å². The molecule has 1 aromatic carbocycles. The van der Waals surface area contributed by atoms with Crippen molar-refractivity contribution in [3.8, 4) is 6.07 Å². The summed E-state index contributed by atoms with van der Waals surface area (Å²) < 4.78 is 5.12. The van der Waals surface area contributed by atoms with E-state index in [1.807, 2.05) is 29.2 Å². The predicted octanol–water partition coefficient (Wildman–Crippen LogP) is 2.60. The molecule has 3 N–H and O–H groups in total. The maximum absolute atomic E-state index is 11.3. The van der Waals surface area contributed by atoms with Crippen LogP contribution >= 0.6 is 11.3 Å². The minimum absolute atomic E-state index is 0.0465. The van der Waals surface area contributed by atoms with Crippen molar-refractivity contribution < 1.29 is 14.6 Å². The number of benzene rings is 1. The minimum Gasteiger partial charge on any atom is -0.460 e. The number of carbonyl (C=O) groups is 1. The van der Waals surface area contributed by atoms with Crippen molar-refractivity contribution in [2.75, 3.05) is 13.1 Å². The number of hydrogen-bond acceptors (Lipinski definition) is 9. The van der Waals surface area contributed by atoms with Gasteiger partial charge in [0.25, 0.3) is 0 Å². The fraction of sp³-hybridized carbons (Fsp3) is 0.409. The van der Waals surface area contributed by atoms with E-state index < -0.39 is 6.23 Å². The van der Waals surface area contributed by atoms with Gasteiger partial charge in [0.15, 0.2) is 6.23 Å². The lowest BCUT2D eigenvalue weighted by molar-refractivity contribution is -0.142. The van der Waals surface area contributed by atoms with Gasteiger partial charge in [-0.15, -0.1) is 11.3 Å². The van der Waals surface area contributed by atoms with Gasteiger partial charge in [0.2, 0.25) is 5.96 Å². The van der Waals surface area contributed by atoms with Gasteiger partial charge in [-0.2, -0.15) is 5.26 Å². The molecule has 162 valence electrons. The molecular weight excluding hydrogens is 414 g/mol. The molecule has 2 aromatic rings. The number of aliphatic hydroxyl groups excluding tert-OH is 1. The third-order valence-electron chi connectivity index (χ3n) is 5.44. The van der Waals surface area contributed by atoms with Gasteiger partial charge in [-0.1, -0.05) is 18.2 Å². The van der Waals surface area contributed by atoms with Gasteiger partial charge in [-0.25, -0.2) is 4.99 Å². The summed E-state index contributed by atoms with van der Waals surface area (Å²) in [5, 5.41) is 20.8. The van der Waals surface area contributed by atoms with E-state index in [0.29, 0.717) is 35.2 Å². The van der Waals surface area contributed by atoms with Crippen molar-refractivity contribution in [1.82, 2.24) is 9.80 Å². The molecule has 4 rings (SSSR count). The van der Waals surface area contributed by atoms with E-state index >= 15 is 0 Å². The molecule has 1 fully saturated rings. The number of guanidine groups is 1. The molecule has 8 nitrogen and oxygen atoms in total. The molecule has 1 aromatic heterocycles. The van der Waals surface area contributed by atoms with Crippen LogP contribution in [0.25, 0.3) is 0 Å². The van der Waals surface area contributed by atoms with Crippen LogP contribution in [0.5, 0.6) is 0 Å². The highest BCUT2D eigenvalue weighted by atomic mass is 32.1. The monoisotopic (exact) mass is 439 g/mol. The number of aliphatic imine (C=N–C) groups is 1. The van der Waals surface area contributed by atoms with Crippen molar-refractivity contribution in [3.05, 3.63) is 51.2 Å². The molecule has 0 amide bonds. The molecule has 2 atom stereocenters. The number of piperidine rings is 1. The summed E-state index contributed by atoms with van der Waals surface area (Å²) in [7, 11) is 0. The number of thiophene rings is 1. The number of rotatable bonds is 4. The normalized spacial score (nSPS) is 20.6. The van der Waals surface area contributed by atoms with E-state index in [9.17, 15) is 15.2 Å². The molecule has 0 bridgehead atoms. The molecule has 1 saturated heterocycles. The van der Waals surface area contributed by atoms with Crippen LogP contribution in [0.15, 0.2) is 35.3 Å². The van der Waals surface area contributed by atoms with E-state index in [0.717, 1.165) is 29.8 Å². The van der Waals surface area contributed by atoms with Gasteiger partial charge in [0.05, 0.1) is 22.2 Å². The predicted molar refractivity (Wildman–Crippen MR) is 117 cm³/mol. The zero-order valence-corrected chi connectivity index (χ0v) is 18.1. The zero-order valence-electron chi connectivity index (χ0n) is 17.3. The summed E-state index contributed by atoms with van der Waals surface area (Å²) in [6, 6.07) is 11.5. The number of hydrogen-bond donors (Lipinski definition) is 2. The Hall–Kier alpha value is -2.93. The third kappa shape index (κ3) is 4.56. The van der Waals surface area contributed by atoms with Crippen LogP contribution in [-0.2, 0) is 22.7 Å². The Morgan fingerprint density at radius 2 is 2.26 bits per heavy atom. The summed E-state index contributed by atoms with van der Waals surface area (Å²) >= 11 is 1.37. The Balaban J connectivity index is 1.70. The number of esters is 1. The SMILES string of the molecule is CC(=O)OCc1cc2c(s1)C(O)N(Cc1ccccc1C#N)C(N1CCC[C@@H](N)C1)=N2. The van der Waals surface area contributed by atoms with Crippen LogP contribution in [-0.4, -0.2) is 46.0 Å². The number of fused-ring (bicyclic) bond motifs is 1. The van der Waals surface area contributed by atoms with Crippen LogP contribution in [0.3, 0.4) is 0 Å². The quantitative estimate of drug-likeness (QED) is 0.704. The lowest BCUT2D eigenvalue weighted by Gasteiger charge is -2.42. The molecule has 2 aliphatic heterocycles. The summed E-state index contributed by atoms with van der Waals surface area (Å²) in [6.07, 6.45) is 0.982. The summed E-state index contributed by atoms with van der Waals surface area (Å²) in [5.74, 6) is 0.299. The molecule has 31 heavy (non-hydrogen) atoms. The Bertz CT molecular complexity index is 1040. The number of ether oxygens (including phenoxy) is 1. The average molecular weight is 440 g/mol. The van der Waals surface area contributed by atoms with Gasteiger partial charge < -0.3 is 25.4 Å². The van der Waals surface area contributed by atoms with Gasteiger partial charge in [-0.05, 0) is 30.5 Å². The van der Waals surface area contributed by atoms with Gasteiger partial charge in [0, 0.05) is 37.5 Å². The van der Waals surface area contributed by atoms with Crippen molar-refractivity contribution in [2.24, 2.45) is 10.7 Å². The molecule has 1 unspecified atom stereocenters. The maximum Gasteiger partial charge on any atom is 0.302 e. The van der Waals surface area contributed by atoms with Crippen LogP contribution in [0.1, 0.15) is 46.9 Å². The number of nitrogens with two attached hydrogens (primary N) is 1. The lowest BCUT2D eigenvalue weighted by Crippen LogP contribution is -2.53. The van der Waals surface area contributed by atoms with E-state index in [-0.39, 0.29) is 18.6 Å². The molecule has 0 spiro atoms. The highest BCUT2D eigenvalue weighted by Gasteiger charge is 2.35. The summed E-state index contributed by atoms with van der Waals surface area (Å²) in [6.45, 7) is 3.31. The highest BCUT2D eigenvalue weighted by Crippen LogP contribution is 2.41. The van der Waals surface area contributed by atoms with Gasteiger partial charge in [0.1, 0.15) is 6.61 Å². The first-order valence-electron chi connectivity index (χ1n) is 10.2. The highest BCUT2D eigenvalue weighted by molar-refractivity contribution is 7.12. The first-order valence-corrected chi connectivity index (χ1v) is 11.1. The molecule has 0 saturated carbocycles. The minimum atomic E-state index is -0.927. The Kier molecular flexibility index (Phi) is 6.23. The molecule has 0 aliphatic carbocycles. The van der Waals surface area contributed by atoms with Crippen LogP contribution < -0.4 is 5.73 Å². The zero-order chi connectivity index (χ0) is 22.0. The van der Waals surface area contributed by atoms with Crippen molar-refractivity contribution in [3.63, 3.8) is 0 Å². The second kappa shape index (κ2) is 9.06. The van der Waals surface area contributed by atoms with E-state index in [2.05, 4.69) is 11.0 Å². The molecule has 3 heterocycles. The lowest BCUT2D eigenvalue weighted by atomic mass is 10.1. The molecule has 0 radical (unpaired) electrons. The largest absolute Gasteiger partial charge is 0.460 e. The second-order valence-electron chi connectivity index (χ2n) is 7.77. The number of carbonyl (C=O) groups excluding carboxylic acids is 1. The smallest absolute Gasteiger partial charge is 0.302 e. The fourth-order valence-electron chi connectivity index (χ4n) is 3.94. The Morgan fingerprint density at radius 1 is 1.45 bits per heavy atom. The van der Waals surface area contributed by atoms with E-state index in [4.69, 9.17) is 15.5 Å². The number of aliphatic hydroxyl groups is 1. The van der Waals surface area contributed by atoms with Crippen LogP contribution in [0.2, 0.25) is 0 Å². The van der Waals surface area contributed by atoms with E-state index in [1.54, 1.807) is 6.07 Å². The standard InChI is InChI=1S/C22H25N5O3S/c1-14(28)30-13-18-9-19-20(31-18)21(29)27(11-16-6-3-2-5-15(16)10-23)22(25-19)26-8-4-7-17(24)12-26/h2-3,5-6,9,17,21,29H,4,7-8,11-13,24H2,1H3/t17-,21?/m1/s1. The topological polar surface area (TPSA) is 115 Å². The third-order valence-corrected chi connectivity index (χ3v) is 6.57. The maximum atomic E-state index is 11.3. The number of nitriles is 1. The number of nitrogens with zero attached hydrogens (tertiary/aromatic N) is 4. The molecular formula is C22H25N5O3S. The van der Waals surface area contributed by atoms with Crippen molar-refractivity contribution in [2.45, 2.75) is 45.2 Å². The Morgan fingerprint density at radius 3 is 3.00 bits per heavy atom. The fourth-order valence-corrected chi connectivity index (χ4v) is 4.95. The van der Waals surface area contributed by atoms with Crippen LogP contribution in [0.4, 0.5) is 5.69 Å². The molecule has 2 aliphatic rings. The van der Waals surface area contributed by atoms with Gasteiger partial charge >= 0.3 is 5.97 Å². The second-order valence-corrected chi connectivity index (χ2v) is 8.94. The van der Waals surface area contributed by atoms with Crippen molar-refractivity contribution >= 4 is 29.0 Å².